The predicted molar refractivity (Wildman–Crippen MR) is 80.0 cm³/mol. The van der Waals surface area contributed by atoms with E-state index in [1.165, 1.54) is 0 Å². The van der Waals surface area contributed by atoms with Crippen molar-refractivity contribution in [3.8, 4) is 0 Å². The second kappa shape index (κ2) is 6.97. The van der Waals surface area contributed by atoms with Crippen molar-refractivity contribution in [3.63, 3.8) is 0 Å². The highest BCUT2D eigenvalue weighted by molar-refractivity contribution is 5.77. The molecule has 0 spiro atoms. The minimum Gasteiger partial charge on any atom is -0.379 e. The molecule has 0 radical (unpaired) electrons. The fraction of sp³-hybridized carbons (Fsp3) is 0.571. The Kier molecular flexibility index (Phi) is 5.60. The lowest BCUT2D eigenvalue weighted by atomic mass is 10.1. The fourth-order valence-electron chi connectivity index (χ4n) is 2.17. The van der Waals surface area contributed by atoms with Crippen LogP contribution in [0.3, 0.4) is 0 Å². The third kappa shape index (κ3) is 3.59. The third-order valence-corrected chi connectivity index (χ3v) is 3.04. The van der Waals surface area contributed by atoms with E-state index in [0.717, 1.165) is 19.5 Å². The van der Waals surface area contributed by atoms with E-state index in [1.807, 2.05) is 44.7 Å². The van der Waals surface area contributed by atoms with Gasteiger partial charge in [-0.15, -0.1) is 0 Å². The average Bonchev–Trinajstić information content (AvgIpc) is 2.36. The zero-order chi connectivity index (χ0) is 14.4. The van der Waals surface area contributed by atoms with E-state index in [1.54, 1.807) is 6.07 Å². The quantitative estimate of drug-likeness (QED) is 0.604. The van der Waals surface area contributed by atoms with E-state index >= 15 is 0 Å². The van der Waals surface area contributed by atoms with Crippen LogP contribution in [-0.2, 0) is 0 Å². The molecule has 0 heterocycles. The first-order chi connectivity index (χ1) is 9.02. The van der Waals surface area contributed by atoms with Crippen LogP contribution in [-0.4, -0.2) is 24.1 Å². The van der Waals surface area contributed by atoms with Crippen molar-refractivity contribution >= 4 is 17.1 Å². The summed E-state index contributed by atoms with van der Waals surface area (Å²) in [4.78, 5) is 13.1. The van der Waals surface area contributed by atoms with Gasteiger partial charge in [-0.05, 0) is 39.3 Å². The summed E-state index contributed by atoms with van der Waals surface area (Å²) >= 11 is 0. The van der Waals surface area contributed by atoms with Gasteiger partial charge in [0.2, 0.25) is 0 Å². The Labute approximate surface area is 114 Å². The molecule has 0 aliphatic heterocycles. The maximum Gasteiger partial charge on any atom is 0.315 e. The molecule has 0 aromatic heterocycles. The highest BCUT2D eigenvalue weighted by atomic mass is 16.6. The Bertz CT molecular complexity index is 433. The molecule has 1 aromatic carbocycles. The molecule has 5 heteroatoms. The lowest BCUT2D eigenvalue weighted by Crippen LogP contribution is -2.31. The molecule has 0 aliphatic carbocycles. The first-order valence-electron chi connectivity index (χ1n) is 6.80. The molecule has 0 bridgehead atoms. The maximum absolute atomic E-state index is 11.4. The second-order valence-corrected chi connectivity index (χ2v) is 4.74. The number of para-hydroxylation sites is 1. The van der Waals surface area contributed by atoms with Crippen LogP contribution < -0.4 is 10.2 Å². The van der Waals surface area contributed by atoms with Gasteiger partial charge in [-0.2, -0.15) is 0 Å². The van der Waals surface area contributed by atoms with Gasteiger partial charge in [-0.1, -0.05) is 13.0 Å². The molecule has 0 fully saturated rings. The van der Waals surface area contributed by atoms with Gasteiger partial charge in [0.25, 0.3) is 0 Å². The summed E-state index contributed by atoms with van der Waals surface area (Å²) in [5.74, 6) is 0. The molecule has 0 aliphatic rings. The van der Waals surface area contributed by atoms with E-state index in [4.69, 9.17) is 0 Å². The summed E-state index contributed by atoms with van der Waals surface area (Å²) in [6.45, 7) is 9.61. The molecule has 1 rings (SSSR count). The number of benzene rings is 1. The van der Waals surface area contributed by atoms with E-state index in [2.05, 4.69) is 5.32 Å². The second-order valence-electron chi connectivity index (χ2n) is 4.74. The number of nitro benzene ring substituents is 1. The highest BCUT2D eigenvalue weighted by Crippen LogP contribution is 2.36. The monoisotopic (exact) mass is 265 g/mol. The number of nitro groups is 1. The molecule has 0 atom stereocenters. The minimum absolute atomic E-state index is 0.173. The Balaban J connectivity index is 3.26. The van der Waals surface area contributed by atoms with Crippen LogP contribution >= 0.6 is 0 Å². The van der Waals surface area contributed by atoms with Crippen molar-refractivity contribution in [2.24, 2.45) is 0 Å². The number of hydrogen-bond acceptors (Lipinski definition) is 4. The molecular formula is C14H23N3O2. The summed E-state index contributed by atoms with van der Waals surface area (Å²) in [5.41, 5.74) is 1.46. The van der Waals surface area contributed by atoms with Gasteiger partial charge in [0.05, 0.1) is 4.92 Å². The SMILES string of the molecule is CCCNc1cccc(N(CC)C(C)C)c1[N+](=O)[O-]. The molecular weight excluding hydrogens is 242 g/mol. The third-order valence-electron chi connectivity index (χ3n) is 3.04. The zero-order valence-corrected chi connectivity index (χ0v) is 12.1. The minimum atomic E-state index is -0.293. The van der Waals surface area contributed by atoms with E-state index < -0.39 is 0 Å². The van der Waals surface area contributed by atoms with Crippen LogP contribution in [0.2, 0.25) is 0 Å². The Morgan fingerprint density at radius 1 is 1.37 bits per heavy atom. The standard InChI is InChI=1S/C14H23N3O2/c1-5-10-15-12-8-7-9-13(14(12)17(18)19)16(6-2)11(3)4/h7-9,11,15H,5-6,10H2,1-4H3. The first-order valence-corrected chi connectivity index (χ1v) is 6.80. The Morgan fingerprint density at radius 3 is 2.53 bits per heavy atom. The van der Waals surface area contributed by atoms with Gasteiger partial charge >= 0.3 is 5.69 Å². The summed E-state index contributed by atoms with van der Waals surface area (Å²) in [6.07, 6.45) is 0.934. The van der Waals surface area contributed by atoms with Crippen LogP contribution in [0.4, 0.5) is 17.1 Å². The molecule has 0 amide bonds. The summed E-state index contributed by atoms with van der Waals surface area (Å²) < 4.78 is 0. The average molecular weight is 265 g/mol. The largest absolute Gasteiger partial charge is 0.379 e. The summed E-state index contributed by atoms with van der Waals surface area (Å²) in [7, 11) is 0. The number of anilines is 2. The lowest BCUT2D eigenvalue weighted by molar-refractivity contribution is -0.383. The van der Waals surface area contributed by atoms with Crippen LogP contribution in [0.25, 0.3) is 0 Å². The van der Waals surface area contributed by atoms with E-state index in [0.29, 0.717) is 11.4 Å². The van der Waals surface area contributed by atoms with Gasteiger partial charge in [-0.25, -0.2) is 0 Å². The number of hydrogen-bond donors (Lipinski definition) is 1. The van der Waals surface area contributed by atoms with Gasteiger partial charge < -0.3 is 10.2 Å². The molecule has 5 nitrogen and oxygen atoms in total. The zero-order valence-electron chi connectivity index (χ0n) is 12.1. The van der Waals surface area contributed by atoms with Crippen LogP contribution in [0.1, 0.15) is 34.1 Å². The van der Waals surface area contributed by atoms with Crippen molar-refractivity contribution in [2.45, 2.75) is 40.2 Å². The van der Waals surface area contributed by atoms with Gasteiger partial charge in [0, 0.05) is 19.1 Å². The van der Waals surface area contributed by atoms with Crippen molar-refractivity contribution in [1.29, 1.82) is 0 Å². The van der Waals surface area contributed by atoms with Crippen LogP contribution in [0, 0.1) is 10.1 Å². The van der Waals surface area contributed by atoms with Crippen molar-refractivity contribution in [2.75, 3.05) is 23.3 Å². The molecule has 1 aromatic rings. The van der Waals surface area contributed by atoms with Gasteiger partial charge in [0.15, 0.2) is 0 Å². The van der Waals surface area contributed by atoms with Crippen molar-refractivity contribution in [3.05, 3.63) is 28.3 Å². The molecule has 0 saturated heterocycles. The molecule has 106 valence electrons. The van der Waals surface area contributed by atoms with Crippen molar-refractivity contribution < 1.29 is 4.92 Å². The number of nitrogens with one attached hydrogen (secondary N) is 1. The summed E-state index contributed by atoms with van der Waals surface area (Å²) in [5, 5.41) is 14.5. The van der Waals surface area contributed by atoms with E-state index in [-0.39, 0.29) is 16.7 Å². The summed E-state index contributed by atoms with van der Waals surface area (Å²) in [6, 6.07) is 5.68. The maximum atomic E-state index is 11.4. The normalized spacial score (nSPS) is 10.6. The Morgan fingerprint density at radius 2 is 2.05 bits per heavy atom. The van der Waals surface area contributed by atoms with Gasteiger partial charge in [-0.3, -0.25) is 10.1 Å². The lowest BCUT2D eigenvalue weighted by Gasteiger charge is -2.27. The van der Waals surface area contributed by atoms with Crippen LogP contribution in [0.15, 0.2) is 18.2 Å². The smallest absolute Gasteiger partial charge is 0.315 e. The van der Waals surface area contributed by atoms with Crippen molar-refractivity contribution in [1.82, 2.24) is 0 Å². The predicted octanol–water partition coefficient (Wildman–Crippen LogP) is 3.65. The number of nitrogens with zero attached hydrogens (tertiary/aromatic N) is 2. The molecule has 0 unspecified atom stereocenters. The van der Waals surface area contributed by atoms with Gasteiger partial charge in [0.1, 0.15) is 11.4 Å². The first kappa shape index (κ1) is 15.3. The topological polar surface area (TPSA) is 58.4 Å². The molecule has 19 heavy (non-hydrogen) atoms. The Hall–Kier alpha value is -1.78. The fourth-order valence-corrected chi connectivity index (χ4v) is 2.17. The molecule has 0 saturated carbocycles. The molecule has 1 N–H and O–H groups in total. The van der Waals surface area contributed by atoms with E-state index in [9.17, 15) is 10.1 Å². The number of rotatable bonds is 7. The van der Waals surface area contributed by atoms with Crippen LogP contribution in [0.5, 0.6) is 0 Å². The highest BCUT2D eigenvalue weighted by Gasteiger charge is 2.24.